The van der Waals surface area contributed by atoms with E-state index >= 15 is 0 Å². The van der Waals surface area contributed by atoms with Crippen LogP contribution in [0.3, 0.4) is 0 Å². The number of carbonyl (C=O) groups excluding carboxylic acids is 1. The van der Waals surface area contributed by atoms with Crippen molar-refractivity contribution in [3.8, 4) is 5.75 Å². The number of hydrogen-bond donors (Lipinski definition) is 2. The van der Waals surface area contributed by atoms with Crippen LogP contribution in [0.5, 0.6) is 5.75 Å². The van der Waals surface area contributed by atoms with Crippen LogP contribution in [0.15, 0.2) is 18.2 Å². The number of carbonyl (C=O) groups is 1. The van der Waals surface area contributed by atoms with E-state index in [1.807, 2.05) is 13.8 Å². The fourth-order valence-corrected chi connectivity index (χ4v) is 1.88. The standard InChI is InChI=1S/C14H19ClFNO2/c1-14(2,6-3-7-15)9-17-13(19)11-5-4-10(16)8-12(11)18/h4-5,8,18H,3,6-7,9H2,1-2H3,(H,17,19). The summed E-state index contributed by atoms with van der Waals surface area (Å²) in [6.45, 7) is 4.54. The molecule has 0 atom stereocenters. The molecule has 19 heavy (non-hydrogen) atoms. The first-order valence-corrected chi connectivity index (χ1v) is 6.72. The van der Waals surface area contributed by atoms with Gasteiger partial charge in [0.25, 0.3) is 5.91 Å². The molecule has 0 aromatic heterocycles. The molecule has 5 heteroatoms. The molecule has 0 saturated heterocycles. The number of rotatable bonds is 6. The zero-order valence-electron chi connectivity index (χ0n) is 11.2. The van der Waals surface area contributed by atoms with Crippen molar-refractivity contribution >= 4 is 17.5 Å². The van der Waals surface area contributed by atoms with E-state index in [2.05, 4.69) is 5.32 Å². The van der Waals surface area contributed by atoms with Crippen molar-refractivity contribution in [2.45, 2.75) is 26.7 Å². The molecule has 0 aliphatic carbocycles. The van der Waals surface area contributed by atoms with Gasteiger partial charge in [-0.15, -0.1) is 11.6 Å². The highest BCUT2D eigenvalue weighted by Crippen LogP contribution is 2.22. The van der Waals surface area contributed by atoms with Gasteiger partial charge in [-0.25, -0.2) is 4.39 Å². The smallest absolute Gasteiger partial charge is 0.255 e. The SMILES string of the molecule is CC(C)(CCCCl)CNC(=O)c1ccc(F)cc1O. The van der Waals surface area contributed by atoms with E-state index in [1.54, 1.807) is 0 Å². The topological polar surface area (TPSA) is 49.3 Å². The first kappa shape index (κ1) is 15.8. The number of halogens is 2. The molecule has 1 amide bonds. The highest BCUT2D eigenvalue weighted by Gasteiger charge is 2.19. The second-order valence-electron chi connectivity index (χ2n) is 5.30. The van der Waals surface area contributed by atoms with Crippen LogP contribution >= 0.6 is 11.6 Å². The number of amides is 1. The van der Waals surface area contributed by atoms with E-state index in [1.165, 1.54) is 6.07 Å². The van der Waals surface area contributed by atoms with Crippen molar-refractivity contribution in [3.05, 3.63) is 29.6 Å². The average molecular weight is 288 g/mol. The van der Waals surface area contributed by atoms with Crippen molar-refractivity contribution in [1.29, 1.82) is 0 Å². The third-order valence-corrected chi connectivity index (χ3v) is 3.19. The lowest BCUT2D eigenvalue weighted by atomic mass is 9.88. The van der Waals surface area contributed by atoms with Gasteiger partial charge in [-0.2, -0.15) is 0 Å². The zero-order valence-corrected chi connectivity index (χ0v) is 11.9. The van der Waals surface area contributed by atoms with Crippen molar-refractivity contribution < 1.29 is 14.3 Å². The largest absolute Gasteiger partial charge is 0.507 e. The van der Waals surface area contributed by atoms with E-state index in [0.29, 0.717) is 12.4 Å². The summed E-state index contributed by atoms with van der Waals surface area (Å²) in [4.78, 5) is 11.9. The molecule has 2 N–H and O–H groups in total. The quantitative estimate of drug-likeness (QED) is 0.789. The maximum atomic E-state index is 12.8. The lowest BCUT2D eigenvalue weighted by molar-refractivity contribution is 0.0932. The minimum atomic E-state index is -0.573. The second kappa shape index (κ2) is 6.75. The molecule has 0 unspecified atom stereocenters. The molecule has 1 rings (SSSR count). The summed E-state index contributed by atoms with van der Waals surface area (Å²) in [5, 5.41) is 12.3. The molecule has 3 nitrogen and oxygen atoms in total. The van der Waals surface area contributed by atoms with Gasteiger partial charge in [-0.05, 0) is 30.4 Å². The van der Waals surface area contributed by atoms with Crippen LogP contribution in [0.25, 0.3) is 0 Å². The van der Waals surface area contributed by atoms with Gasteiger partial charge in [0, 0.05) is 18.5 Å². The fraction of sp³-hybridized carbons (Fsp3) is 0.500. The van der Waals surface area contributed by atoms with E-state index in [9.17, 15) is 14.3 Å². The highest BCUT2D eigenvalue weighted by atomic mass is 35.5. The summed E-state index contributed by atoms with van der Waals surface area (Å²) in [5.74, 6) is -0.736. The van der Waals surface area contributed by atoms with Gasteiger partial charge in [0.05, 0.1) is 5.56 Å². The lowest BCUT2D eigenvalue weighted by Gasteiger charge is -2.24. The van der Waals surface area contributed by atoms with Gasteiger partial charge >= 0.3 is 0 Å². The van der Waals surface area contributed by atoms with Gasteiger partial charge in [-0.1, -0.05) is 13.8 Å². The van der Waals surface area contributed by atoms with Crippen molar-refractivity contribution in [3.63, 3.8) is 0 Å². The Labute approximate surface area is 117 Å². The molecule has 0 aliphatic heterocycles. The highest BCUT2D eigenvalue weighted by molar-refractivity contribution is 6.17. The molecule has 0 spiro atoms. The number of aromatic hydroxyl groups is 1. The van der Waals surface area contributed by atoms with Crippen LogP contribution in [0.2, 0.25) is 0 Å². The maximum absolute atomic E-state index is 12.8. The van der Waals surface area contributed by atoms with Crippen LogP contribution < -0.4 is 5.32 Å². The molecule has 0 fully saturated rings. The number of benzene rings is 1. The van der Waals surface area contributed by atoms with Gasteiger partial charge in [0.2, 0.25) is 0 Å². The Bertz CT molecular complexity index is 449. The van der Waals surface area contributed by atoms with Gasteiger partial charge < -0.3 is 10.4 Å². The van der Waals surface area contributed by atoms with E-state index in [-0.39, 0.29) is 16.7 Å². The minimum absolute atomic E-state index is 0.0692. The fourth-order valence-electron chi connectivity index (χ4n) is 1.75. The Balaban J connectivity index is 2.60. The first-order valence-electron chi connectivity index (χ1n) is 6.18. The molecular formula is C14H19ClFNO2. The van der Waals surface area contributed by atoms with Crippen LogP contribution in [0, 0.1) is 11.2 Å². The van der Waals surface area contributed by atoms with Crippen molar-refractivity contribution in [2.75, 3.05) is 12.4 Å². The van der Waals surface area contributed by atoms with Crippen LogP contribution in [0.4, 0.5) is 4.39 Å². The second-order valence-corrected chi connectivity index (χ2v) is 5.68. The van der Waals surface area contributed by atoms with Gasteiger partial charge in [0.1, 0.15) is 11.6 Å². The molecular weight excluding hydrogens is 269 g/mol. The van der Waals surface area contributed by atoms with E-state index in [0.717, 1.165) is 25.0 Å². The third-order valence-electron chi connectivity index (χ3n) is 2.92. The zero-order chi connectivity index (χ0) is 14.5. The Kier molecular flexibility index (Phi) is 5.60. The van der Waals surface area contributed by atoms with Crippen LogP contribution in [-0.4, -0.2) is 23.4 Å². The summed E-state index contributed by atoms with van der Waals surface area (Å²) in [6.07, 6.45) is 1.78. The molecule has 0 saturated carbocycles. The molecule has 0 radical (unpaired) electrons. The molecule has 0 heterocycles. The number of phenols is 1. The van der Waals surface area contributed by atoms with Crippen LogP contribution in [-0.2, 0) is 0 Å². The molecule has 1 aromatic carbocycles. The Morgan fingerprint density at radius 1 is 1.47 bits per heavy atom. The number of alkyl halides is 1. The summed E-state index contributed by atoms with van der Waals surface area (Å²) in [6, 6.07) is 3.34. The normalized spacial score (nSPS) is 11.4. The monoisotopic (exact) mass is 287 g/mol. The summed E-state index contributed by atoms with van der Waals surface area (Å²) in [7, 11) is 0. The van der Waals surface area contributed by atoms with E-state index in [4.69, 9.17) is 11.6 Å². The molecule has 106 valence electrons. The predicted molar refractivity (Wildman–Crippen MR) is 74.1 cm³/mol. The lowest BCUT2D eigenvalue weighted by Crippen LogP contribution is -2.34. The van der Waals surface area contributed by atoms with Gasteiger partial charge in [0.15, 0.2) is 0 Å². The van der Waals surface area contributed by atoms with Crippen LogP contribution in [0.1, 0.15) is 37.0 Å². The molecule has 0 bridgehead atoms. The van der Waals surface area contributed by atoms with Gasteiger partial charge in [-0.3, -0.25) is 4.79 Å². The maximum Gasteiger partial charge on any atom is 0.255 e. The summed E-state index contributed by atoms with van der Waals surface area (Å²) in [5.41, 5.74) is 0.00903. The Hall–Kier alpha value is -1.29. The summed E-state index contributed by atoms with van der Waals surface area (Å²) >= 11 is 5.65. The van der Waals surface area contributed by atoms with Crippen molar-refractivity contribution in [1.82, 2.24) is 5.32 Å². The number of hydrogen-bond acceptors (Lipinski definition) is 2. The van der Waals surface area contributed by atoms with E-state index < -0.39 is 11.7 Å². The third kappa shape index (κ3) is 5.07. The number of nitrogens with one attached hydrogen (secondary N) is 1. The minimum Gasteiger partial charge on any atom is -0.507 e. The molecule has 1 aromatic rings. The Morgan fingerprint density at radius 3 is 2.74 bits per heavy atom. The first-order chi connectivity index (χ1) is 8.85. The van der Waals surface area contributed by atoms with Crippen molar-refractivity contribution in [2.24, 2.45) is 5.41 Å². The Morgan fingerprint density at radius 2 is 2.16 bits per heavy atom. The average Bonchev–Trinajstić information content (AvgIpc) is 2.34. The predicted octanol–water partition coefficient (Wildman–Crippen LogP) is 3.31. The summed E-state index contributed by atoms with van der Waals surface area (Å²) < 4.78 is 12.8. The number of phenolic OH excluding ortho intramolecular Hbond substituents is 1. The molecule has 0 aliphatic rings.